The molecule has 1 aliphatic heterocycles. The van der Waals surface area contributed by atoms with Crippen molar-refractivity contribution >= 4 is 22.6 Å². The van der Waals surface area contributed by atoms with Crippen molar-refractivity contribution < 1.29 is 4.79 Å². The van der Waals surface area contributed by atoms with Gasteiger partial charge in [-0.2, -0.15) is 0 Å². The summed E-state index contributed by atoms with van der Waals surface area (Å²) in [7, 11) is 0. The molecule has 1 aromatic heterocycles. The number of amidine groups is 1. The molecule has 1 aliphatic rings. The maximum absolute atomic E-state index is 12.9. The molecule has 0 bridgehead atoms. The number of carbonyl (C=O) groups is 1. The topological polar surface area (TPSA) is 86.0 Å². The number of carbonyl (C=O) groups excluding carboxylic acids is 1. The number of aromatic amines is 1. The third-order valence-electron chi connectivity index (χ3n) is 5.43. The molecular formula is C22H24N4O. The van der Waals surface area contributed by atoms with Crippen LogP contribution >= 0.6 is 0 Å². The highest BCUT2D eigenvalue weighted by Gasteiger charge is 2.24. The molecule has 0 aliphatic carbocycles. The van der Waals surface area contributed by atoms with Crippen LogP contribution in [-0.4, -0.2) is 34.7 Å². The van der Waals surface area contributed by atoms with Crippen LogP contribution in [0.1, 0.15) is 34.5 Å². The fraction of sp³-hybridized carbons (Fsp3) is 0.273. The minimum absolute atomic E-state index is 0.0338. The molecule has 1 saturated heterocycles. The van der Waals surface area contributed by atoms with Crippen LogP contribution < -0.4 is 5.73 Å². The molecule has 2 aromatic carbocycles. The van der Waals surface area contributed by atoms with Gasteiger partial charge in [0.15, 0.2) is 0 Å². The number of rotatable bonds is 4. The fourth-order valence-corrected chi connectivity index (χ4v) is 3.87. The molecule has 27 heavy (non-hydrogen) atoms. The third-order valence-corrected chi connectivity index (χ3v) is 5.43. The second kappa shape index (κ2) is 7.27. The second-order valence-electron chi connectivity index (χ2n) is 7.32. The van der Waals surface area contributed by atoms with Crippen molar-refractivity contribution in [3.63, 3.8) is 0 Å². The normalized spacial score (nSPS) is 15.2. The van der Waals surface area contributed by atoms with E-state index < -0.39 is 0 Å². The van der Waals surface area contributed by atoms with E-state index in [9.17, 15) is 4.79 Å². The highest BCUT2D eigenvalue weighted by molar-refractivity contribution is 6.02. The Kier molecular flexibility index (Phi) is 4.67. The van der Waals surface area contributed by atoms with E-state index in [4.69, 9.17) is 11.1 Å². The Morgan fingerprint density at radius 1 is 1.11 bits per heavy atom. The summed E-state index contributed by atoms with van der Waals surface area (Å²) in [6, 6.07) is 17.9. The number of nitrogens with zero attached hydrogens (tertiary/aromatic N) is 1. The zero-order valence-corrected chi connectivity index (χ0v) is 15.2. The first-order valence-corrected chi connectivity index (χ1v) is 9.40. The van der Waals surface area contributed by atoms with E-state index in [-0.39, 0.29) is 11.7 Å². The molecule has 1 amide bonds. The standard InChI is InChI=1S/C22H24N4O/c23-21(24)17-6-7-19-18(13-17)14-20(25-19)22(27)26-10-8-16(9-11-26)12-15-4-2-1-3-5-15/h1-7,13-14,16,25H,8-12H2,(H3,23,24). The van der Waals surface area contributed by atoms with Gasteiger partial charge < -0.3 is 15.6 Å². The zero-order chi connectivity index (χ0) is 18.8. The Morgan fingerprint density at radius 2 is 1.85 bits per heavy atom. The van der Waals surface area contributed by atoms with E-state index in [2.05, 4.69) is 29.2 Å². The SMILES string of the molecule is N=C(N)c1ccc2[nH]c(C(=O)N3CCC(Cc4ccccc4)CC3)cc2c1. The molecule has 0 saturated carbocycles. The molecule has 4 N–H and O–H groups in total. The number of hydrogen-bond acceptors (Lipinski definition) is 2. The Bertz CT molecular complexity index is 968. The number of fused-ring (bicyclic) bond motifs is 1. The lowest BCUT2D eigenvalue weighted by molar-refractivity contribution is 0.0685. The van der Waals surface area contributed by atoms with Gasteiger partial charge in [-0.05, 0) is 55.0 Å². The fourth-order valence-electron chi connectivity index (χ4n) is 3.87. The van der Waals surface area contributed by atoms with Gasteiger partial charge in [-0.3, -0.25) is 10.2 Å². The predicted octanol–water partition coefficient (Wildman–Crippen LogP) is 3.55. The number of nitrogens with two attached hydrogens (primary N) is 1. The van der Waals surface area contributed by atoms with E-state index in [0.717, 1.165) is 43.3 Å². The van der Waals surface area contributed by atoms with Crippen molar-refractivity contribution in [3.05, 3.63) is 71.4 Å². The third kappa shape index (κ3) is 3.72. The summed E-state index contributed by atoms with van der Waals surface area (Å²) in [6.07, 6.45) is 3.16. The van der Waals surface area contributed by atoms with Crippen molar-refractivity contribution in [1.29, 1.82) is 5.41 Å². The van der Waals surface area contributed by atoms with Crippen LogP contribution in [0.4, 0.5) is 0 Å². The number of piperidine rings is 1. The van der Waals surface area contributed by atoms with Crippen molar-refractivity contribution in [1.82, 2.24) is 9.88 Å². The van der Waals surface area contributed by atoms with Crippen LogP contribution in [0.2, 0.25) is 0 Å². The van der Waals surface area contributed by atoms with Crippen molar-refractivity contribution in [3.8, 4) is 0 Å². The van der Waals surface area contributed by atoms with Crippen LogP contribution in [0, 0.1) is 11.3 Å². The maximum Gasteiger partial charge on any atom is 0.270 e. The van der Waals surface area contributed by atoms with E-state index in [1.54, 1.807) is 6.07 Å². The van der Waals surface area contributed by atoms with Gasteiger partial charge in [0.1, 0.15) is 11.5 Å². The summed E-state index contributed by atoms with van der Waals surface area (Å²) >= 11 is 0. The molecule has 0 spiro atoms. The van der Waals surface area contributed by atoms with Crippen molar-refractivity contribution in [2.45, 2.75) is 19.3 Å². The highest BCUT2D eigenvalue weighted by atomic mass is 16.2. The zero-order valence-electron chi connectivity index (χ0n) is 15.2. The predicted molar refractivity (Wildman–Crippen MR) is 108 cm³/mol. The van der Waals surface area contributed by atoms with E-state index >= 15 is 0 Å². The second-order valence-corrected chi connectivity index (χ2v) is 7.32. The van der Waals surface area contributed by atoms with Crippen LogP contribution in [-0.2, 0) is 6.42 Å². The van der Waals surface area contributed by atoms with E-state index in [1.165, 1.54) is 5.56 Å². The molecule has 1 fully saturated rings. The van der Waals surface area contributed by atoms with Gasteiger partial charge in [0.05, 0.1) is 0 Å². The monoisotopic (exact) mass is 360 g/mol. The quantitative estimate of drug-likeness (QED) is 0.491. The van der Waals surface area contributed by atoms with Gasteiger partial charge >= 0.3 is 0 Å². The summed E-state index contributed by atoms with van der Waals surface area (Å²) in [4.78, 5) is 18.0. The van der Waals surface area contributed by atoms with Gasteiger partial charge in [-0.15, -0.1) is 0 Å². The number of hydrogen-bond donors (Lipinski definition) is 3. The Balaban J connectivity index is 1.42. The van der Waals surface area contributed by atoms with Crippen LogP contribution in [0.15, 0.2) is 54.6 Å². The Hall–Kier alpha value is -3.08. The molecule has 138 valence electrons. The van der Waals surface area contributed by atoms with Gasteiger partial charge in [0.2, 0.25) is 0 Å². The summed E-state index contributed by atoms with van der Waals surface area (Å²) in [5.74, 6) is 0.720. The minimum Gasteiger partial charge on any atom is -0.384 e. The van der Waals surface area contributed by atoms with Crippen LogP contribution in [0.5, 0.6) is 0 Å². The molecule has 4 rings (SSSR count). The summed E-state index contributed by atoms with van der Waals surface area (Å²) in [6.45, 7) is 1.59. The van der Waals surface area contributed by atoms with E-state index in [1.807, 2.05) is 29.2 Å². The number of amides is 1. The number of nitrogen functional groups attached to an aromatic ring is 1. The van der Waals surface area contributed by atoms with Gasteiger partial charge in [-0.1, -0.05) is 30.3 Å². The smallest absolute Gasteiger partial charge is 0.270 e. The van der Waals surface area contributed by atoms with Gasteiger partial charge in [-0.25, -0.2) is 0 Å². The summed E-state index contributed by atoms with van der Waals surface area (Å²) in [5.41, 5.74) is 9.09. The molecule has 3 aromatic rings. The number of likely N-dealkylation sites (tertiary alicyclic amines) is 1. The summed E-state index contributed by atoms with van der Waals surface area (Å²) < 4.78 is 0. The highest BCUT2D eigenvalue weighted by Crippen LogP contribution is 2.24. The Labute approximate surface area is 158 Å². The molecule has 2 heterocycles. The minimum atomic E-state index is 0.0338. The molecule has 5 nitrogen and oxygen atoms in total. The number of aromatic nitrogens is 1. The van der Waals surface area contributed by atoms with Gasteiger partial charge in [0.25, 0.3) is 5.91 Å². The van der Waals surface area contributed by atoms with Crippen LogP contribution in [0.3, 0.4) is 0 Å². The first kappa shape index (κ1) is 17.3. The number of H-pyrrole nitrogens is 1. The van der Waals surface area contributed by atoms with E-state index in [0.29, 0.717) is 17.2 Å². The Morgan fingerprint density at radius 3 is 2.56 bits per heavy atom. The lowest BCUT2D eigenvalue weighted by Gasteiger charge is -2.31. The largest absolute Gasteiger partial charge is 0.384 e. The van der Waals surface area contributed by atoms with Crippen LogP contribution in [0.25, 0.3) is 10.9 Å². The average Bonchev–Trinajstić information content (AvgIpc) is 3.12. The average molecular weight is 360 g/mol. The van der Waals surface area contributed by atoms with Crippen molar-refractivity contribution in [2.75, 3.05) is 13.1 Å². The molecule has 0 radical (unpaired) electrons. The molecule has 0 atom stereocenters. The number of benzene rings is 2. The van der Waals surface area contributed by atoms with Crippen molar-refractivity contribution in [2.24, 2.45) is 11.7 Å². The lowest BCUT2D eigenvalue weighted by Crippen LogP contribution is -2.39. The number of nitrogens with one attached hydrogen (secondary N) is 2. The maximum atomic E-state index is 12.9. The first-order chi connectivity index (χ1) is 13.1. The molecular weight excluding hydrogens is 336 g/mol. The summed E-state index contributed by atoms with van der Waals surface area (Å²) in [5, 5.41) is 8.46. The molecule has 5 heteroatoms. The van der Waals surface area contributed by atoms with Gasteiger partial charge in [0, 0.05) is 29.6 Å². The first-order valence-electron chi connectivity index (χ1n) is 9.40. The molecule has 0 unspecified atom stereocenters. The lowest BCUT2D eigenvalue weighted by atomic mass is 9.90.